The standard InChI is InChI=1S/C18H18N6O/c1-10(25)20-8-11-4-3-5-12(6-11)14-7-13-16-15(21-9-24(16)2)17(19)23-18(13)22-14/h3-7,9H,8H2,1-2H3,(H,20,25)(H3,19,22,23). The number of hydrogen-bond donors (Lipinski definition) is 3. The lowest BCUT2D eigenvalue weighted by Crippen LogP contribution is -2.18. The van der Waals surface area contributed by atoms with Crippen LogP contribution in [0, 0.1) is 0 Å². The van der Waals surface area contributed by atoms with Gasteiger partial charge in [0.2, 0.25) is 5.91 Å². The predicted molar refractivity (Wildman–Crippen MR) is 97.7 cm³/mol. The molecule has 0 unspecified atom stereocenters. The molecular formula is C18H18N6O. The fraction of sp³-hybridized carbons (Fsp3) is 0.167. The van der Waals surface area contributed by atoms with Crippen LogP contribution in [0.3, 0.4) is 0 Å². The van der Waals surface area contributed by atoms with Gasteiger partial charge in [-0.25, -0.2) is 9.97 Å². The zero-order valence-corrected chi connectivity index (χ0v) is 14.0. The van der Waals surface area contributed by atoms with Crippen molar-refractivity contribution >= 4 is 33.8 Å². The van der Waals surface area contributed by atoms with Crippen LogP contribution in [-0.2, 0) is 18.4 Å². The first-order valence-corrected chi connectivity index (χ1v) is 7.96. The molecule has 0 aliphatic rings. The molecular weight excluding hydrogens is 316 g/mol. The summed E-state index contributed by atoms with van der Waals surface area (Å²) in [5.74, 6) is 0.366. The molecule has 3 aromatic heterocycles. The van der Waals surface area contributed by atoms with E-state index in [-0.39, 0.29) is 5.91 Å². The summed E-state index contributed by atoms with van der Waals surface area (Å²) < 4.78 is 1.94. The van der Waals surface area contributed by atoms with Crippen molar-refractivity contribution in [2.24, 2.45) is 7.05 Å². The van der Waals surface area contributed by atoms with E-state index in [4.69, 9.17) is 5.73 Å². The van der Waals surface area contributed by atoms with Crippen LogP contribution in [0.2, 0.25) is 0 Å². The van der Waals surface area contributed by atoms with E-state index in [1.807, 2.05) is 35.9 Å². The molecule has 0 saturated heterocycles. The number of aryl methyl sites for hydroxylation is 1. The minimum absolute atomic E-state index is 0.0470. The molecule has 0 saturated carbocycles. The molecule has 0 fully saturated rings. The Morgan fingerprint density at radius 1 is 1.36 bits per heavy atom. The molecule has 0 atom stereocenters. The molecule has 0 radical (unpaired) electrons. The number of aromatic amines is 1. The van der Waals surface area contributed by atoms with Crippen LogP contribution in [0.5, 0.6) is 0 Å². The van der Waals surface area contributed by atoms with Gasteiger partial charge in [0.25, 0.3) is 0 Å². The molecule has 0 aliphatic carbocycles. The van der Waals surface area contributed by atoms with Crippen molar-refractivity contribution in [3.05, 3.63) is 42.2 Å². The highest BCUT2D eigenvalue weighted by atomic mass is 16.1. The average Bonchev–Trinajstić information content (AvgIpc) is 3.17. The second-order valence-corrected chi connectivity index (χ2v) is 6.11. The molecule has 3 heterocycles. The van der Waals surface area contributed by atoms with E-state index >= 15 is 0 Å². The summed E-state index contributed by atoms with van der Waals surface area (Å²) in [4.78, 5) is 23.2. The van der Waals surface area contributed by atoms with Gasteiger partial charge in [-0.2, -0.15) is 0 Å². The maximum atomic E-state index is 11.1. The maximum Gasteiger partial charge on any atom is 0.217 e. The van der Waals surface area contributed by atoms with Gasteiger partial charge in [-0.3, -0.25) is 4.79 Å². The zero-order valence-electron chi connectivity index (χ0n) is 14.0. The molecule has 7 nitrogen and oxygen atoms in total. The van der Waals surface area contributed by atoms with Crippen LogP contribution in [0.15, 0.2) is 36.7 Å². The minimum atomic E-state index is -0.0470. The van der Waals surface area contributed by atoms with Crippen molar-refractivity contribution in [2.75, 3.05) is 5.73 Å². The number of carbonyl (C=O) groups is 1. The SMILES string of the molecule is CC(=O)NCc1cccc(-c2cc3c(nc(N)c4ncn(C)c43)[nH]2)c1. The number of pyridine rings is 1. The Labute approximate surface area is 143 Å². The first kappa shape index (κ1) is 15.2. The van der Waals surface area contributed by atoms with Crippen molar-refractivity contribution in [2.45, 2.75) is 13.5 Å². The number of amides is 1. The highest BCUT2D eigenvalue weighted by Gasteiger charge is 2.14. The van der Waals surface area contributed by atoms with E-state index in [1.54, 1.807) is 6.33 Å². The summed E-state index contributed by atoms with van der Waals surface area (Å²) in [6.07, 6.45) is 1.74. The number of rotatable bonds is 3. The van der Waals surface area contributed by atoms with Crippen molar-refractivity contribution in [1.29, 1.82) is 0 Å². The van der Waals surface area contributed by atoms with Crippen molar-refractivity contribution in [3.8, 4) is 11.3 Å². The summed E-state index contributed by atoms with van der Waals surface area (Å²) in [7, 11) is 1.94. The third kappa shape index (κ3) is 2.59. The van der Waals surface area contributed by atoms with Crippen molar-refractivity contribution in [1.82, 2.24) is 24.8 Å². The van der Waals surface area contributed by atoms with E-state index in [0.717, 1.165) is 33.4 Å². The van der Waals surface area contributed by atoms with Crippen molar-refractivity contribution in [3.63, 3.8) is 0 Å². The van der Waals surface area contributed by atoms with E-state index in [1.165, 1.54) is 6.92 Å². The summed E-state index contributed by atoms with van der Waals surface area (Å²) in [6.45, 7) is 2.01. The highest BCUT2D eigenvalue weighted by Crippen LogP contribution is 2.30. The predicted octanol–water partition coefficient (Wildman–Crippen LogP) is 2.33. The molecule has 7 heteroatoms. The number of aromatic nitrogens is 4. The largest absolute Gasteiger partial charge is 0.382 e. The molecule has 1 aromatic carbocycles. The van der Waals surface area contributed by atoms with Crippen LogP contribution >= 0.6 is 0 Å². The van der Waals surface area contributed by atoms with Gasteiger partial charge in [0.1, 0.15) is 11.2 Å². The molecule has 4 N–H and O–H groups in total. The van der Waals surface area contributed by atoms with Crippen molar-refractivity contribution < 1.29 is 4.79 Å². The Morgan fingerprint density at radius 2 is 2.20 bits per heavy atom. The van der Waals surface area contributed by atoms with Gasteiger partial charge in [-0.15, -0.1) is 0 Å². The zero-order chi connectivity index (χ0) is 17.6. The van der Waals surface area contributed by atoms with Gasteiger partial charge in [0.05, 0.1) is 11.8 Å². The van der Waals surface area contributed by atoms with E-state index in [0.29, 0.717) is 17.9 Å². The van der Waals surface area contributed by atoms with Crippen LogP contribution in [0.1, 0.15) is 12.5 Å². The first-order chi connectivity index (χ1) is 12.0. The summed E-state index contributed by atoms with van der Waals surface area (Å²) in [5.41, 5.74) is 11.4. The highest BCUT2D eigenvalue weighted by molar-refractivity contribution is 6.07. The fourth-order valence-corrected chi connectivity index (χ4v) is 3.05. The third-order valence-electron chi connectivity index (χ3n) is 4.24. The number of carbonyl (C=O) groups excluding carboxylic acids is 1. The van der Waals surface area contributed by atoms with Gasteiger partial charge in [-0.1, -0.05) is 18.2 Å². The lowest BCUT2D eigenvalue weighted by Gasteiger charge is -2.04. The molecule has 4 aromatic rings. The van der Waals surface area contributed by atoms with Gasteiger partial charge in [0, 0.05) is 31.6 Å². The summed E-state index contributed by atoms with van der Waals surface area (Å²) in [6, 6.07) is 10.1. The molecule has 0 spiro atoms. The van der Waals surface area contributed by atoms with E-state index in [9.17, 15) is 4.79 Å². The molecule has 0 bridgehead atoms. The number of anilines is 1. The van der Waals surface area contributed by atoms with Gasteiger partial charge in [0.15, 0.2) is 5.82 Å². The smallest absolute Gasteiger partial charge is 0.217 e. The van der Waals surface area contributed by atoms with E-state index in [2.05, 4.69) is 26.3 Å². The minimum Gasteiger partial charge on any atom is -0.382 e. The summed E-state index contributed by atoms with van der Waals surface area (Å²) in [5, 5.41) is 3.79. The third-order valence-corrected chi connectivity index (χ3v) is 4.24. The number of nitrogens with one attached hydrogen (secondary N) is 2. The Balaban J connectivity index is 1.82. The van der Waals surface area contributed by atoms with Crippen LogP contribution in [-0.4, -0.2) is 25.4 Å². The topological polar surface area (TPSA) is 102 Å². The molecule has 0 aliphatic heterocycles. The number of H-pyrrole nitrogens is 1. The lowest BCUT2D eigenvalue weighted by molar-refractivity contribution is -0.119. The first-order valence-electron chi connectivity index (χ1n) is 7.96. The Bertz CT molecular complexity index is 1110. The fourth-order valence-electron chi connectivity index (χ4n) is 3.05. The van der Waals surface area contributed by atoms with E-state index < -0.39 is 0 Å². The molecule has 126 valence electrons. The number of nitrogens with two attached hydrogens (primary N) is 1. The summed E-state index contributed by atoms with van der Waals surface area (Å²) >= 11 is 0. The Kier molecular flexibility index (Phi) is 3.42. The monoisotopic (exact) mass is 334 g/mol. The van der Waals surface area contributed by atoms with Crippen LogP contribution < -0.4 is 11.1 Å². The number of nitrogen functional groups attached to an aromatic ring is 1. The Hall–Kier alpha value is -3.35. The molecule has 4 rings (SSSR count). The average molecular weight is 334 g/mol. The number of benzene rings is 1. The quantitative estimate of drug-likeness (QED) is 0.535. The Morgan fingerprint density at radius 3 is 3.00 bits per heavy atom. The molecule has 1 amide bonds. The van der Waals surface area contributed by atoms with Crippen LogP contribution in [0.25, 0.3) is 33.3 Å². The second kappa shape index (κ2) is 5.62. The number of nitrogens with zero attached hydrogens (tertiary/aromatic N) is 3. The normalized spacial score (nSPS) is 11.3. The maximum absolute atomic E-state index is 11.1. The van der Waals surface area contributed by atoms with Crippen LogP contribution in [0.4, 0.5) is 5.82 Å². The van der Waals surface area contributed by atoms with Gasteiger partial charge >= 0.3 is 0 Å². The second-order valence-electron chi connectivity index (χ2n) is 6.11. The van der Waals surface area contributed by atoms with Gasteiger partial charge < -0.3 is 20.6 Å². The van der Waals surface area contributed by atoms with Gasteiger partial charge in [-0.05, 0) is 23.3 Å². The lowest BCUT2D eigenvalue weighted by atomic mass is 10.1. The molecule has 25 heavy (non-hydrogen) atoms. The number of imidazole rings is 1. The number of hydrogen-bond acceptors (Lipinski definition) is 4. The number of fused-ring (bicyclic) bond motifs is 3.